The Hall–Kier alpha value is -3.85. The number of benzene rings is 1. The van der Waals surface area contributed by atoms with Crippen molar-refractivity contribution < 1.29 is 4.79 Å². The van der Waals surface area contributed by atoms with E-state index < -0.39 is 0 Å². The summed E-state index contributed by atoms with van der Waals surface area (Å²) in [5.41, 5.74) is 3.45. The first-order chi connectivity index (χ1) is 13.1. The summed E-state index contributed by atoms with van der Waals surface area (Å²) >= 11 is 0. The molecule has 0 fully saturated rings. The fraction of sp³-hybridized carbons (Fsp3) is 0.0952. The average molecular weight is 353 g/mol. The van der Waals surface area contributed by atoms with Crippen LogP contribution in [0.25, 0.3) is 22.0 Å². The van der Waals surface area contributed by atoms with Crippen LogP contribution in [0.15, 0.2) is 61.3 Å². The van der Waals surface area contributed by atoms with Crippen molar-refractivity contribution in [2.24, 2.45) is 7.05 Å². The minimum Gasteiger partial charge on any atom is -0.334 e. The van der Waals surface area contributed by atoms with Crippen LogP contribution < -0.4 is 0 Å². The van der Waals surface area contributed by atoms with Gasteiger partial charge < -0.3 is 4.57 Å². The number of Topliss-reactive ketones (excluding diaryl/α,β-unsaturated/α-hetero) is 1. The van der Waals surface area contributed by atoms with Gasteiger partial charge in [0.05, 0.1) is 24.6 Å². The van der Waals surface area contributed by atoms with Gasteiger partial charge in [-0.25, -0.2) is 9.97 Å². The third-order valence-electron chi connectivity index (χ3n) is 4.43. The predicted molar refractivity (Wildman–Crippen MR) is 101 cm³/mol. The Morgan fingerprint density at radius 3 is 2.78 bits per heavy atom. The topological polar surface area (TPSA) is 84.5 Å². The largest absolute Gasteiger partial charge is 0.334 e. The highest BCUT2D eigenvalue weighted by Crippen LogP contribution is 2.24. The highest BCUT2D eigenvalue weighted by atomic mass is 16.1. The van der Waals surface area contributed by atoms with Gasteiger partial charge >= 0.3 is 0 Å². The first-order valence-corrected chi connectivity index (χ1v) is 8.39. The molecule has 4 aromatic rings. The zero-order valence-corrected chi connectivity index (χ0v) is 14.6. The lowest BCUT2D eigenvalue weighted by Gasteiger charge is -2.06. The number of hydrogen-bond donors (Lipinski definition) is 0. The summed E-state index contributed by atoms with van der Waals surface area (Å²) in [5, 5.41) is 11.0. The van der Waals surface area contributed by atoms with E-state index in [2.05, 4.69) is 21.0 Å². The number of fused-ring (bicyclic) bond motifs is 1. The monoisotopic (exact) mass is 353 g/mol. The molecule has 0 atom stereocenters. The van der Waals surface area contributed by atoms with Gasteiger partial charge in [0.15, 0.2) is 5.78 Å². The van der Waals surface area contributed by atoms with Crippen molar-refractivity contribution in [2.45, 2.75) is 6.42 Å². The van der Waals surface area contributed by atoms with Crippen LogP contribution in [0.3, 0.4) is 0 Å². The number of carbonyl (C=O) groups is 1. The summed E-state index contributed by atoms with van der Waals surface area (Å²) in [6, 6.07) is 13.1. The van der Waals surface area contributed by atoms with Gasteiger partial charge in [0, 0.05) is 41.6 Å². The zero-order chi connectivity index (χ0) is 18.8. The Kier molecular flexibility index (Phi) is 4.19. The molecule has 0 aliphatic heterocycles. The fourth-order valence-corrected chi connectivity index (χ4v) is 3.01. The van der Waals surface area contributed by atoms with Gasteiger partial charge in [-0.1, -0.05) is 12.1 Å². The van der Waals surface area contributed by atoms with Crippen LogP contribution in [0.4, 0.5) is 0 Å². The minimum atomic E-state index is -0.0939. The molecule has 4 rings (SSSR count). The number of nitriles is 1. The lowest BCUT2D eigenvalue weighted by molar-refractivity contribution is 0.0992. The molecule has 0 saturated carbocycles. The fourth-order valence-electron chi connectivity index (χ4n) is 3.01. The average Bonchev–Trinajstić information content (AvgIpc) is 3.13. The number of nitrogens with zero attached hydrogens (tertiary/aromatic N) is 5. The number of pyridine rings is 2. The molecule has 3 aromatic heterocycles. The molecule has 3 heterocycles. The van der Waals surface area contributed by atoms with Crippen LogP contribution in [0.2, 0.25) is 0 Å². The third-order valence-corrected chi connectivity index (χ3v) is 4.43. The molecule has 6 heteroatoms. The summed E-state index contributed by atoms with van der Waals surface area (Å²) in [7, 11) is 1.95. The first-order valence-electron chi connectivity index (χ1n) is 8.39. The maximum absolute atomic E-state index is 12.5. The molecule has 0 N–H and O–H groups in total. The maximum Gasteiger partial charge on any atom is 0.168 e. The highest BCUT2D eigenvalue weighted by Gasteiger charge is 2.11. The number of ketones is 1. The van der Waals surface area contributed by atoms with E-state index in [0.717, 1.165) is 22.0 Å². The molecule has 6 nitrogen and oxygen atoms in total. The number of rotatable bonds is 4. The molecule has 1 aromatic carbocycles. The van der Waals surface area contributed by atoms with Crippen LogP contribution in [0.5, 0.6) is 0 Å². The number of aryl methyl sites for hydroxylation is 1. The van der Waals surface area contributed by atoms with Gasteiger partial charge in [0.1, 0.15) is 11.8 Å². The standard InChI is InChI=1S/C21H15N5O/c1-26-13-23-12-20(26)14-2-3-16-11-25-18(8-17(16)6-14)9-21(27)15-4-5-24-19(7-15)10-22/h2-8,11-13H,9H2,1H3. The Labute approximate surface area is 155 Å². The van der Waals surface area contributed by atoms with Crippen molar-refractivity contribution in [1.29, 1.82) is 5.26 Å². The molecule has 0 aliphatic carbocycles. The second-order valence-corrected chi connectivity index (χ2v) is 6.27. The lowest BCUT2D eigenvalue weighted by atomic mass is 10.0. The van der Waals surface area contributed by atoms with Crippen molar-refractivity contribution in [3.05, 3.63) is 78.3 Å². The maximum atomic E-state index is 12.5. The summed E-state index contributed by atoms with van der Waals surface area (Å²) in [4.78, 5) is 25.0. The van der Waals surface area contributed by atoms with E-state index in [1.165, 1.54) is 12.3 Å². The van der Waals surface area contributed by atoms with E-state index in [1.54, 1.807) is 18.6 Å². The molecule has 0 unspecified atom stereocenters. The van der Waals surface area contributed by atoms with E-state index in [1.807, 2.05) is 42.1 Å². The quantitative estimate of drug-likeness (QED) is 0.525. The highest BCUT2D eigenvalue weighted by molar-refractivity contribution is 5.98. The van der Waals surface area contributed by atoms with Crippen LogP contribution in [-0.4, -0.2) is 25.3 Å². The smallest absolute Gasteiger partial charge is 0.168 e. The Morgan fingerprint density at radius 1 is 1.11 bits per heavy atom. The molecule has 130 valence electrons. The normalized spacial score (nSPS) is 10.7. The minimum absolute atomic E-state index is 0.0939. The number of aromatic nitrogens is 4. The van der Waals surface area contributed by atoms with Gasteiger partial charge in [0.25, 0.3) is 0 Å². The van der Waals surface area contributed by atoms with E-state index in [0.29, 0.717) is 11.3 Å². The molecule has 0 spiro atoms. The van der Waals surface area contributed by atoms with Gasteiger partial charge in [-0.3, -0.25) is 9.78 Å². The molecule has 0 radical (unpaired) electrons. The lowest BCUT2D eigenvalue weighted by Crippen LogP contribution is -2.06. The number of carbonyl (C=O) groups excluding carboxylic acids is 1. The first kappa shape index (κ1) is 16.6. The van der Waals surface area contributed by atoms with Crippen LogP contribution in [-0.2, 0) is 13.5 Å². The zero-order valence-electron chi connectivity index (χ0n) is 14.6. The van der Waals surface area contributed by atoms with Gasteiger partial charge in [-0.15, -0.1) is 0 Å². The van der Waals surface area contributed by atoms with E-state index in [-0.39, 0.29) is 17.9 Å². The van der Waals surface area contributed by atoms with E-state index >= 15 is 0 Å². The van der Waals surface area contributed by atoms with Crippen molar-refractivity contribution in [3.63, 3.8) is 0 Å². The van der Waals surface area contributed by atoms with Crippen molar-refractivity contribution in [1.82, 2.24) is 19.5 Å². The Bertz CT molecular complexity index is 1200. The van der Waals surface area contributed by atoms with Crippen molar-refractivity contribution >= 4 is 16.6 Å². The van der Waals surface area contributed by atoms with Crippen LogP contribution >= 0.6 is 0 Å². The summed E-state index contributed by atoms with van der Waals surface area (Å²) < 4.78 is 1.96. The van der Waals surface area contributed by atoms with Gasteiger partial charge in [0.2, 0.25) is 0 Å². The number of hydrogen-bond acceptors (Lipinski definition) is 5. The molecule has 0 saturated heterocycles. The van der Waals surface area contributed by atoms with Crippen LogP contribution in [0.1, 0.15) is 21.7 Å². The van der Waals surface area contributed by atoms with Crippen molar-refractivity contribution in [2.75, 3.05) is 0 Å². The molecule has 0 amide bonds. The second kappa shape index (κ2) is 6.81. The Morgan fingerprint density at radius 2 is 2.00 bits per heavy atom. The summed E-state index contributed by atoms with van der Waals surface area (Å²) in [6.45, 7) is 0. The Balaban J connectivity index is 1.65. The molecular formula is C21H15N5O. The van der Waals surface area contributed by atoms with Gasteiger partial charge in [-0.2, -0.15) is 5.26 Å². The molecular weight excluding hydrogens is 338 g/mol. The van der Waals surface area contributed by atoms with Gasteiger partial charge in [-0.05, 0) is 29.7 Å². The predicted octanol–water partition coefficient (Wildman–Crippen LogP) is 3.33. The third kappa shape index (κ3) is 3.31. The SMILES string of the molecule is Cn1cncc1-c1ccc2cnc(CC(=O)c3ccnc(C#N)c3)cc2c1. The molecule has 0 bridgehead atoms. The van der Waals surface area contributed by atoms with Crippen molar-refractivity contribution in [3.8, 4) is 17.3 Å². The second-order valence-electron chi connectivity index (χ2n) is 6.27. The number of imidazole rings is 1. The van der Waals surface area contributed by atoms with Crippen LogP contribution in [0, 0.1) is 11.3 Å². The molecule has 0 aliphatic rings. The summed E-state index contributed by atoms with van der Waals surface area (Å²) in [6.07, 6.45) is 7.00. The molecule has 27 heavy (non-hydrogen) atoms. The van der Waals surface area contributed by atoms with E-state index in [4.69, 9.17) is 5.26 Å². The van der Waals surface area contributed by atoms with E-state index in [9.17, 15) is 4.79 Å². The summed E-state index contributed by atoms with van der Waals surface area (Å²) in [5.74, 6) is -0.0939.